The molecule has 0 aliphatic rings. The lowest BCUT2D eigenvalue weighted by Gasteiger charge is -2.08. The smallest absolute Gasteiger partial charge is 0.269 e. The predicted octanol–water partition coefficient (Wildman–Crippen LogP) is 2.71. The van der Waals surface area contributed by atoms with Gasteiger partial charge in [-0.05, 0) is 36.8 Å². The molecule has 2 rings (SSSR count). The van der Waals surface area contributed by atoms with Crippen molar-refractivity contribution < 1.29 is 14.5 Å². The van der Waals surface area contributed by atoms with Crippen LogP contribution in [0.25, 0.3) is 0 Å². The van der Waals surface area contributed by atoms with Crippen molar-refractivity contribution in [3.05, 3.63) is 69.8 Å². The van der Waals surface area contributed by atoms with Gasteiger partial charge in [0.2, 0.25) is 0 Å². The lowest BCUT2D eigenvalue weighted by Crippen LogP contribution is -2.28. The Morgan fingerprint density at radius 3 is 2.59 bits per heavy atom. The van der Waals surface area contributed by atoms with Crippen LogP contribution in [0.2, 0.25) is 0 Å². The normalized spacial score (nSPS) is 10.0. The Morgan fingerprint density at radius 1 is 1.23 bits per heavy atom. The summed E-state index contributed by atoms with van der Waals surface area (Å²) in [6, 6.07) is 13.1. The number of nitro benzene ring substituents is 1. The average Bonchev–Trinajstić information content (AvgIpc) is 2.51. The summed E-state index contributed by atoms with van der Waals surface area (Å²) in [6.45, 7) is 2.68. The number of ether oxygens (including phenoxy) is 1. The van der Waals surface area contributed by atoms with Gasteiger partial charge in [0.15, 0.2) is 0 Å². The number of benzene rings is 2. The molecule has 0 saturated carbocycles. The molecule has 1 N–H and O–H groups in total. The van der Waals surface area contributed by atoms with E-state index in [4.69, 9.17) is 4.74 Å². The molecule has 0 aliphatic carbocycles. The Morgan fingerprint density at radius 2 is 1.95 bits per heavy atom. The van der Waals surface area contributed by atoms with E-state index in [0.29, 0.717) is 18.7 Å². The number of hydrogen-bond donors (Lipinski definition) is 1. The third-order valence-electron chi connectivity index (χ3n) is 2.99. The average molecular weight is 300 g/mol. The molecule has 0 aliphatic heterocycles. The van der Waals surface area contributed by atoms with Gasteiger partial charge in [0.05, 0.1) is 11.5 Å². The molecule has 1 amide bonds. The van der Waals surface area contributed by atoms with Crippen LogP contribution in [-0.2, 0) is 0 Å². The van der Waals surface area contributed by atoms with Crippen LogP contribution in [-0.4, -0.2) is 24.0 Å². The standard InChI is InChI=1S/C16H16N2O4/c1-12-3-2-4-15(11-12)22-10-9-17-16(19)13-5-7-14(8-6-13)18(20)21/h2-8,11H,9-10H2,1H3,(H,17,19). The zero-order valence-corrected chi connectivity index (χ0v) is 12.1. The highest BCUT2D eigenvalue weighted by Crippen LogP contribution is 2.12. The number of non-ortho nitro benzene ring substituents is 1. The Bertz CT molecular complexity index is 668. The van der Waals surface area contributed by atoms with Crippen LogP contribution in [0.4, 0.5) is 5.69 Å². The zero-order chi connectivity index (χ0) is 15.9. The third-order valence-corrected chi connectivity index (χ3v) is 2.99. The van der Waals surface area contributed by atoms with Gasteiger partial charge < -0.3 is 10.1 Å². The second kappa shape index (κ2) is 7.21. The van der Waals surface area contributed by atoms with Crippen molar-refractivity contribution in [1.82, 2.24) is 5.32 Å². The minimum absolute atomic E-state index is 0.0423. The molecular weight excluding hydrogens is 284 g/mol. The lowest BCUT2D eigenvalue weighted by molar-refractivity contribution is -0.384. The van der Waals surface area contributed by atoms with Crippen LogP contribution >= 0.6 is 0 Å². The van der Waals surface area contributed by atoms with E-state index in [-0.39, 0.29) is 11.6 Å². The largest absolute Gasteiger partial charge is 0.492 e. The third kappa shape index (κ3) is 4.31. The molecule has 6 nitrogen and oxygen atoms in total. The van der Waals surface area contributed by atoms with E-state index in [1.807, 2.05) is 31.2 Å². The Hall–Kier alpha value is -2.89. The van der Waals surface area contributed by atoms with E-state index < -0.39 is 4.92 Å². The number of hydrogen-bond acceptors (Lipinski definition) is 4. The fraction of sp³-hybridized carbons (Fsp3) is 0.188. The van der Waals surface area contributed by atoms with Gasteiger partial charge in [-0.15, -0.1) is 0 Å². The zero-order valence-electron chi connectivity index (χ0n) is 12.1. The highest BCUT2D eigenvalue weighted by molar-refractivity contribution is 5.94. The van der Waals surface area contributed by atoms with E-state index >= 15 is 0 Å². The molecular formula is C16H16N2O4. The summed E-state index contributed by atoms with van der Waals surface area (Å²) in [5, 5.41) is 13.2. The van der Waals surface area contributed by atoms with Crippen LogP contribution in [0.1, 0.15) is 15.9 Å². The van der Waals surface area contributed by atoms with Gasteiger partial charge in [-0.3, -0.25) is 14.9 Å². The second-order valence-corrected chi connectivity index (χ2v) is 4.72. The van der Waals surface area contributed by atoms with E-state index in [1.165, 1.54) is 24.3 Å². The molecule has 0 unspecified atom stereocenters. The van der Waals surface area contributed by atoms with Gasteiger partial charge in [-0.25, -0.2) is 0 Å². The molecule has 0 spiro atoms. The highest BCUT2D eigenvalue weighted by atomic mass is 16.6. The molecule has 0 fully saturated rings. The van der Waals surface area contributed by atoms with Crippen molar-refractivity contribution in [2.24, 2.45) is 0 Å². The van der Waals surface area contributed by atoms with E-state index in [0.717, 1.165) is 11.3 Å². The van der Waals surface area contributed by atoms with Gasteiger partial charge in [0.25, 0.3) is 11.6 Å². The van der Waals surface area contributed by atoms with Crippen LogP contribution < -0.4 is 10.1 Å². The van der Waals surface area contributed by atoms with Crippen molar-refractivity contribution in [2.45, 2.75) is 6.92 Å². The monoisotopic (exact) mass is 300 g/mol. The van der Waals surface area contributed by atoms with Crippen LogP contribution in [0.3, 0.4) is 0 Å². The van der Waals surface area contributed by atoms with Gasteiger partial charge in [0, 0.05) is 17.7 Å². The number of rotatable bonds is 6. The summed E-state index contributed by atoms with van der Waals surface area (Å²) in [5.74, 6) is 0.465. The number of aryl methyl sites for hydroxylation is 1. The lowest BCUT2D eigenvalue weighted by atomic mass is 10.2. The van der Waals surface area contributed by atoms with E-state index in [9.17, 15) is 14.9 Å². The van der Waals surface area contributed by atoms with Gasteiger partial charge in [-0.1, -0.05) is 12.1 Å². The maximum Gasteiger partial charge on any atom is 0.269 e. The van der Waals surface area contributed by atoms with Crippen molar-refractivity contribution in [1.29, 1.82) is 0 Å². The minimum atomic E-state index is -0.503. The van der Waals surface area contributed by atoms with Crippen LogP contribution in [0.15, 0.2) is 48.5 Å². The molecule has 0 atom stereocenters. The SMILES string of the molecule is Cc1cccc(OCCNC(=O)c2ccc([N+](=O)[O-])cc2)c1. The van der Waals surface area contributed by atoms with E-state index in [1.54, 1.807) is 0 Å². The fourth-order valence-corrected chi connectivity index (χ4v) is 1.88. The van der Waals surface area contributed by atoms with Crippen molar-refractivity contribution >= 4 is 11.6 Å². The number of amides is 1. The molecule has 6 heteroatoms. The quantitative estimate of drug-likeness (QED) is 0.505. The maximum atomic E-state index is 11.9. The molecule has 114 valence electrons. The van der Waals surface area contributed by atoms with E-state index in [2.05, 4.69) is 5.32 Å². The number of nitro groups is 1. The predicted molar refractivity (Wildman–Crippen MR) is 82.1 cm³/mol. The number of carbonyl (C=O) groups excluding carboxylic acids is 1. The molecule has 0 heterocycles. The molecule has 0 radical (unpaired) electrons. The van der Waals surface area contributed by atoms with Crippen LogP contribution in [0, 0.1) is 17.0 Å². The fourth-order valence-electron chi connectivity index (χ4n) is 1.88. The first kappa shape index (κ1) is 15.5. The summed E-state index contributed by atoms with van der Waals surface area (Å²) in [6.07, 6.45) is 0. The molecule has 2 aromatic carbocycles. The summed E-state index contributed by atoms with van der Waals surface area (Å²) < 4.78 is 5.52. The summed E-state index contributed by atoms with van der Waals surface area (Å²) >= 11 is 0. The summed E-state index contributed by atoms with van der Waals surface area (Å²) in [5.41, 5.74) is 1.44. The Labute approximate surface area is 127 Å². The maximum absolute atomic E-state index is 11.9. The first-order valence-electron chi connectivity index (χ1n) is 6.78. The Balaban J connectivity index is 1.79. The number of nitrogens with one attached hydrogen (secondary N) is 1. The first-order valence-corrected chi connectivity index (χ1v) is 6.78. The number of carbonyl (C=O) groups is 1. The Kier molecular flexibility index (Phi) is 5.08. The molecule has 0 saturated heterocycles. The van der Waals surface area contributed by atoms with Gasteiger partial charge in [0.1, 0.15) is 12.4 Å². The molecule has 0 bridgehead atoms. The highest BCUT2D eigenvalue weighted by Gasteiger charge is 2.08. The second-order valence-electron chi connectivity index (χ2n) is 4.72. The van der Waals surface area contributed by atoms with Crippen molar-refractivity contribution in [2.75, 3.05) is 13.2 Å². The first-order chi connectivity index (χ1) is 10.6. The molecule has 2 aromatic rings. The molecule has 0 aromatic heterocycles. The number of nitrogens with zero attached hydrogens (tertiary/aromatic N) is 1. The minimum Gasteiger partial charge on any atom is -0.492 e. The van der Waals surface area contributed by atoms with Gasteiger partial charge in [-0.2, -0.15) is 0 Å². The summed E-state index contributed by atoms with van der Waals surface area (Å²) in [7, 11) is 0. The summed E-state index contributed by atoms with van der Waals surface area (Å²) in [4.78, 5) is 21.9. The van der Waals surface area contributed by atoms with Crippen molar-refractivity contribution in [3.63, 3.8) is 0 Å². The van der Waals surface area contributed by atoms with Crippen molar-refractivity contribution in [3.8, 4) is 5.75 Å². The van der Waals surface area contributed by atoms with Gasteiger partial charge >= 0.3 is 0 Å². The van der Waals surface area contributed by atoms with Crippen LogP contribution in [0.5, 0.6) is 5.75 Å². The topological polar surface area (TPSA) is 81.5 Å². The molecule has 22 heavy (non-hydrogen) atoms.